The smallest absolute Gasteiger partial charge is 0.270 e. The molecule has 0 aromatic heterocycles. The van der Waals surface area contributed by atoms with E-state index >= 15 is 0 Å². The highest BCUT2D eigenvalue weighted by Gasteiger charge is 2.24. The molecule has 0 atom stereocenters. The Labute approximate surface area is 168 Å². The van der Waals surface area contributed by atoms with Crippen LogP contribution in [0.2, 0.25) is 0 Å². The third kappa shape index (κ3) is 4.32. The van der Waals surface area contributed by atoms with Crippen LogP contribution in [0.1, 0.15) is 24.8 Å². The average Bonchev–Trinajstić information content (AvgIpc) is 2.68. The van der Waals surface area contributed by atoms with Gasteiger partial charge in [0.1, 0.15) is 5.75 Å². The molecule has 0 unspecified atom stereocenters. The molecule has 3 rings (SSSR count). The number of carbonyl (C=O) groups is 1. The zero-order chi connectivity index (χ0) is 21.2. The van der Waals surface area contributed by atoms with Crippen molar-refractivity contribution in [3.8, 4) is 5.75 Å². The summed E-state index contributed by atoms with van der Waals surface area (Å²) in [6, 6.07) is 8.31. The van der Waals surface area contributed by atoms with E-state index in [1.165, 1.54) is 31.4 Å². The van der Waals surface area contributed by atoms with Crippen LogP contribution in [0, 0.1) is 17.0 Å². The van der Waals surface area contributed by atoms with Crippen molar-refractivity contribution in [3.05, 3.63) is 52.1 Å². The van der Waals surface area contributed by atoms with Gasteiger partial charge in [0.25, 0.3) is 15.7 Å². The number of aryl methyl sites for hydroxylation is 1. The van der Waals surface area contributed by atoms with E-state index in [2.05, 4.69) is 4.72 Å². The average molecular weight is 419 g/mol. The zero-order valence-corrected chi connectivity index (χ0v) is 16.9. The van der Waals surface area contributed by atoms with Crippen LogP contribution in [0.5, 0.6) is 5.75 Å². The molecule has 1 N–H and O–H groups in total. The van der Waals surface area contributed by atoms with Gasteiger partial charge in [-0.2, -0.15) is 0 Å². The van der Waals surface area contributed by atoms with Gasteiger partial charge in [-0.1, -0.05) is 6.07 Å². The SMILES string of the molecule is COc1cc(NS(=O)(=O)c2cc([N+](=O)[O-])ccc2C)ccc1N1CCCCC1=O. The highest BCUT2D eigenvalue weighted by atomic mass is 32.2. The summed E-state index contributed by atoms with van der Waals surface area (Å²) in [6.45, 7) is 2.14. The van der Waals surface area contributed by atoms with Gasteiger partial charge in [0.05, 0.1) is 28.3 Å². The van der Waals surface area contributed by atoms with Gasteiger partial charge < -0.3 is 9.64 Å². The molecule has 2 aromatic carbocycles. The second-order valence-corrected chi connectivity index (χ2v) is 8.35. The Morgan fingerprint density at radius 2 is 1.93 bits per heavy atom. The molecule has 29 heavy (non-hydrogen) atoms. The Morgan fingerprint density at radius 3 is 2.59 bits per heavy atom. The first-order valence-corrected chi connectivity index (χ1v) is 10.5. The highest BCUT2D eigenvalue weighted by molar-refractivity contribution is 7.92. The fourth-order valence-corrected chi connectivity index (χ4v) is 4.54. The maximum atomic E-state index is 12.8. The van der Waals surface area contributed by atoms with Crippen molar-refractivity contribution in [2.45, 2.75) is 31.1 Å². The van der Waals surface area contributed by atoms with Crippen LogP contribution in [-0.2, 0) is 14.8 Å². The van der Waals surface area contributed by atoms with Gasteiger partial charge in [-0.25, -0.2) is 8.42 Å². The molecule has 1 aliphatic heterocycles. The molecule has 0 aliphatic carbocycles. The fraction of sp³-hybridized carbons (Fsp3) is 0.316. The minimum Gasteiger partial charge on any atom is -0.494 e. The lowest BCUT2D eigenvalue weighted by molar-refractivity contribution is -0.385. The monoisotopic (exact) mass is 419 g/mol. The van der Waals surface area contributed by atoms with Gasteiger partial charge in [-0.05, 0) is 37.5 Å². The van der Waals surface area contributed by atoms with Gasteiger partial charge >= 0.3 is 0 Å². The number of hydrogen-bond donors (Lipinski definition) is 1. The van der Waals surface area contributed by atoms with E-state index in [-0.39, 0.29) is 22.2 Å². The number of anilines is 2. The van der Waals surface area contributed by atoms with E-state index in [0.717, 1.165) is 18.9 Å². The highest BCUT2D eigenvalue weighted by Crippen LogP contribution is 2.34. The first-order valence-electron chi connectivity index (χ1n) is 8.99. The third-order valence-electron chi connectivity index (χ3n) is 4.72. The van der Waals surface area contributed by atoms with Crippen molar-refractivity contribution in [2.24, 2.45) is 0 Å². The molecule has 1 fully saturated rings. The van der Waals surface area contributed by atoms with Crippen LogP contribution < -0.4 is 14.4 Å². The molecule has 154 valence electrons. The molecular formula is C19H21N3O6S. The molecule has 1 aliphatic rings. The van der Waals surface area contributed by atoms with Crippen LogP contribution in [0.15, 0.2) is 41.3 Å². The number of rotatable bonds is 6. The number of hydrogen-bond acceptors (Lipinski definition) is 6. The first-order chi connectivity index (χ1) is 13.7. The molecule has 1 amide bonds. The van der Waals surface area contributed by atoms with Gasteiger partial charge in [0, 0.05) is 31.2 Å². The zero-order valence-electron chi connectivity index (χ0n) is 16.0. The molecular weight excluding hydrogens is 398 g/mol. The first kappa shape index (κ1) is 20.6. The van der Waals surface area contributed by atoms with Crippen LogP contribution >= 0.6 is 0 Å². The predicted octanol–water partition coefficient (Wildman–Crippen LogP) is 3.23. The minimum atomic E-state index is -4.06. The molecule has 0 radical (unpaired) electrons. The lowest BCUT2D eigenvalue weighted by Gasteiger charge is -2.28. The minimum absolute atomic E-state index is 0.00454. The second kappa shape index (κ2) is 8.08. The van der Waals surface area contributed by atoms with Crippen molar-refractivity contribution in [1.29, 1.82) is 0 Å². The van der Waals surface area contributed by atoms with Crippen molar-refractivity contribution in [3.63, 3.8) is 0 Å². The maximum absolute atomic E-state index is 12.8. The number of nitro benzene ring substituents is 1. The van der Waals surface area contributed by atoms with Crippen LogP contribution in [0.25, 0.3) is 0 Å². The van der Waals surface area contributed by atoms with Crippen molar-refractivity contribution < 1.29 is 22.9 Å². The maximum Gasteiger partial charge on any atom is 0.270 e. The number of sulfonamides is 1. The number of piperidine rings is 1. The summed E-state index contributed by atoms with van der Waals surface area (Å²) in [7, 11) is -2.62. The van der Waals surface area contributed by atoms with E-state index in [1.54, 1.807) is 17.9 Å². The molecule has 1 heterocycles. The normalized spacial score (nSPS) is 14.6. The van der Waals surface area contributed by atoms with Crippen LogP contribution in [-0.4, -0.2) is 32.9 Å². The largest absolute Gasteiger partial charge is 0.494 e. The number of non-ortho nitro benzene ring substituents is 1. The van der Waals surface area contributed by atoms with Crippen LogP contribution in [0.4, 0.5) is 17.1 Å². The number of nitrogens with one attached hydrogen (secondary N) is 1. The summed E-state index contributed by atoms with van der Waals surface area (Å²) in [5, 5.41) is 11.0. The Kier molecular flexibility index (Phi) is 5.73. The van der Waals surface area contributed by atoms with E-state index in [1.807, 2.05) is 0 Å². The number of nitrogens with zero attached hydrogens (tertiary/aromatic N) is 2. The number of nitro groups is 1. The lowest BCUT2D eigenvalue weighted by atomic mass is 10.1. The summed E-state index contributed by atoms with van der Waals surface area (Å²) >= 11 is 0. The number of benzene rings is 2. The topological polar surface area (TPSA) is 119 Å². The Morgan fingerprint density at radius 1 is 1.17 bits per heavy atom. The summed E-state index contributed by atoms with van der Waals surface area (Å²) < 4.78 is 33.4. The van der Waals surface area contributed by atoms with Crippen molar-refractivity contribution in [1.82, 2.24) is 0 Å². The molecule has 0 saturated carbocycles. The molecule has 2 aromatic rings. The van der Waals surface area contributed by atoms with Gasteiger partial charge in [-0.3, -0.25) is 19.6 Å². The summed E-state index contributed by atoms with van der Waals surface area (Å²) in [6.07, 6.45) is 2.19. The molecule has 1 saturated heterocycles. The standard InChI is InChI=1S/C19H21N3O6S/c1-13-6-8-15(22(24)25)12-18(13)29(26,27)20-14-7-9-16(17(11-14)28-2)21-10-4-3-5-19(21)23/h6-9,11-12,20H,3-5,10H2,1-2H3. The Hall–Kier alpha value is -3.14. The van der Waals surface area contributed by atoms with E-state index in [0.29, 0.717) is 30.0 Å². The Bertz CT molecular complexity index is 1070. The second-order valence-electron chi connectivity index (χ2n) is 6.70. The molecule has 10 heteroatoms. The molecule has 0 bridgehead atoms. The van der Waals surface area contributed by atoms with E-state index in [9.17, 15) is 23.3 Å². The lowest BCUT2D eigenvalue weighted by Crippen LogP contribution is -2.35. The van der Waals surface area contributed by atoms with Crippen molar-refractivity contribution in [2.75, 3.05) is 23.3 Å². The Balaban J connectivity index is 1.93. The van der Waals surface area contributed by atoms with Gasteiger partial charge in [-0.15, -0.1) is 0 Å². The number of methoxy groups -OCH3 is 1. The third-order valence-corrected chi connectivity index (χ3v) is 6.24. The quantitative estimate of drug-likeness (QED) is 0.567. The fourth-order valence-electron chi connectivity index (χ4n) is 3.23. The number of carbonyl (C=O) groups excluding carboxylic acids is 1. The van der Waals surface area contributed by atoms with Crippen molar-refractivity contribution >= 4 is 33.0 Å². The summed E-state index contributed by atoms with van der Waals surface area (Å²) in [5.41, 5.74) is 0.866. The van der Waals surface area contributed by atoms with Gasteiger partial charge in [0.15, 0.2) is 0 Å². The number of ether oxygens (including phenoxy) is 1. The van der Waals surface area contributed by atoms with Gasteiger partial charge in [0.2, 0.25) is 5.91 Å². The van der Waals surface area contributed by atoms with Crippen LogP contribution in [0.3, 0.4) is 0 Å². The summed E-state index contributed by atoms with van der Waals surface area (Å²) in [5.74, 6) is 0.353. The summed E-state index contributed by atoms with van der Waals surface area (Å²) in [4.78, 5) is 24.0. The van der Waals surface area contributed by atoms with E-state index < -0.39 is 14.9 Å². The predicted molar refractivity (Wildman–Crippen MR) is 108 cm³/mol. The molecule has 9 nitrogen and oxygen atoms in total. The van der Waals surface area contributed by atoms with E-state index in [4.69, 9.17) is 4.74 Å². The number of amides is 1. The molecule has 0 spiro atoms.